The highest BCUT2D eigenvalue weighted by Gasteiger charge is 2.08. The Morgan fingerprint density at radius 1 is 1.22 bits per heavy atom. The van der Waals surface area contributed by atoms with Crippen molar-refractivity contribution in [2.75, 3.05) is 0 Å². The summed E-state index contributed by atoms with van der Waals surface area (Å²) in [5.74, 6) is 0.591. The van der Waals surface area contributed by atoms with E-state index in [1.54, 1.807) is 16.8 Å². The molecule has 0 aliphatic heterocycles. The van der Waals surface area contributed by atoms with Gasteiger partial charge in [0.2, 0.25) is 0 Å². The van der Waals surface area contributed by atoms with Gasteiger partial charge in [0.1, 0.15) is 0 Å². The molecule has 0 N–H and O–H groups in total. The van der Waals surface area contributed by atoms with Gasteiger partial charge >= 0.3 is 0 Å². The van der Waals surface area contributed by atoms with Gasteiger partial charge in [0, 0.05) is 6.20 Å². The first-order valence-corrected chi connectivity index (χ1v) is 5.52. The third-order valence-corrected chi connectivity index (χ3v) is 2.57. The largest absolute Gasteiger partial charge is 0.297 e. The summed E-state index contributed by atoms with van der Waals surface area (Å²) in [5, 5.41) is 8.25. The minimum Gasteiger partial charge on any atom is -0.297 e. The van der Waals surface area contributed by atoms with Crippen molar-refractivity contribution >= 4 is 24.0 Å². The summed E-state index contributed by atoms with van der Waals surface area (Å²) in [6, 6.07) is 11.2. The molecule has 1 heterocycles. The zero-order valence-electron chi connectivity index (χ0n) is 10.1. The Labute approximate surface area is 105 Å². The topological polar surface area (TPSA) is 46.7 Å². The first kappa shape index (κ1) is 12.0. The number of hydrogen-bond acceptors (Lipinski definition) is 3. The van der Waals surface area contributed by atoms with Crippen molar-refractivity contribution in [3.05, 3.63) is 54.2 Å². The molecule has 1 aromatic heterocycles. The average molecular weight is 239 g/mol. The number of rotatable bonds is 4. The summed E-state index contributed by atoms with van der Waals surface area (Å²) in [6.45, 7) is 5.52. The fourth-order valence-corrected chi connectivity index (χ4v) is 1.67. The molecule has 0 amide bonds. The Bertz CT molecular complexity index is 597. The standard InChI is InChI=1S/C14H13N3O/c1-3-17-13(10-18)11(2)9-14(17)16-15-12-7-5-4-6-8-12/h3-10H,1H2,2H3. The molecule has 1 aromatic carbocycles. The highest BCUT2D eigenvalue weighted by molar-refractivity contribution is 5.78. The summed E-state index contributed by atoms with van der Waals surface area (Å²) in [4.78, 5) is 11.0. The van der Waals surface area contributed by atoms with Crippen LogP contribution < -0.4 is 0 Å². The molecular formula is C14H13N3O. The van der Waals surface area contributed by atoms with E-state index in [9.17, 15) is 4.79 Å². The van der Waals surface area contributed by atoms with Crippen LogP contribution in [0.25, 0.3) is 6.20 Å². The quantitative estimate of drug-likeness (QED) is 0.584. The van der Waals surface area contributed by atoms with Crippen LogP contribution in [0.15, 0.2) is 53.2 Å². The number of aromatic nitrogens is 1. The lowest BCUT2D eigenvalue weighted by Gasteiger charge is -1.99. The summed E-state index contributed by atoms with van der Waals surface area (Å²) in [7, 11) is 0. The smallest absolute Gasteiger partial charge is 0.167 e. The van der Waals surface area contributed by atoms with Gasteiger partial charge in [-0.25, -0.2) is 0 Å². The molecular weight excluding hydrogens is 226 g/mol. The average Bonchev–Trinajstić information content (AvgIpc) is 2.72. The van der Waals surface area contributed by atoms with Crippen LogP contribution in [0.5, 0.6) is 0 Å². The van der Waals surface area contributed by atoms with Crippen LogP contribution in [-0.4, -0.2) is 10.9 Å². The first-order valence-electron chi connectivity index (χ1n) is 5.52. The van der Waals surface area contributed by atoms with Gasteiger partial charge in [0.25, 0.3) is 0 Å². The lowest BCUT2D eigenvalue weighted by atomic mass is 10.3. The van der Waals surface area contributed by atoms with Crippen molar-refractivity contribution in [1.29, 1.82) is 0 Å². The number of aryl methyl sites for hydroxylation is 1. The van der Waals surface area contributed by atoms with Crippen LogP contribution in [0.1, 0.15) is 16.1 Å². The molecule has 90 valence electrons. The lowest BCUT2D eigenvalue weighted by Crippen LogP contribution is -1.92. The molecule has 0 bridgehead atoms. The Balaban J connectivity index is 2.38. The second kappa shape index (κ2) is 5.23. The summed E-state index contributed by atoms with van der Waals surface area (Å²) < 4.78 is 1.62. The van der Waals surface area contributed by atoms with E-state index in [4.69, 9.17) is 0 Å². The van der Waals surface area contributed by atoms with E-state index >= 15 is 0 Å². The summed E-state index contributed by atoms with van der Waals surface area (Å²) in [5.41, 5.74) is 2.17. The van der Waals surface area contributed by atoms with Gasteiger partial charge in [-0.3, -0.25) is 9.36 Å². The lowest BCUT2D eigenvalue weighted by molar-refractivity contribution is 0.111. The zero-order chi connectivity index (χ0) is 13.0. The van der Waals surface area contributed by atoms with Gasteiger partial charge < -0.3 is 0 Å². The number of carbonyl (C=O) groups excluding carboxylic acids is 1. The fourth-order valence-electron chi connectivity index (χ4n) is 1.67. The predicted molar refractivity (Wildman–Crippen MR) is 71.6 cm³/mol. The van der Waals surface area contributed by atoms with Crippen LogP contribution in [0, 0.1) is 6.92 Å². The van der Waals surface area contributed by atoms with E-state index in [0.717, 1.165) is 17.5 Å². The van der Waals surface area contributed by atoms with Crippen LogP contribution in [0.4, 0.5) is 11.5 Å². The Morgan fingerprint density at radius 3 is 2.56 bits per heavy atom. The van der Waals surface area contributed by atoms with Crippen molar-refractivity contribution in [2.45, 2.75) is 6.92 Å². The number of benzene rings is 1. The maximum Gasteiger partial charge on any atom is 0.167 e. The van der Waals surface area contributed by atoms with Crippen molar-refractivity contribution in [3.63, 3.8) is 0 Å². The second-order valence-corrected chi connectivity index (χ2v) is 3.78. The molecule has 0 radical (unpaired) electrons. The highest BCUT2D eigenvalue weighted by Crippen LogP contribution is 2.24. The minimum atomic E-state index is 0.548. The van der Waals surface area contributed by atoms with Crippen LogP contribution in [0.2, 0.25) is 0 Å². The van der Waals surface area contributed by atoms with E-state index < -0.39 is 0 Å². The SMILES string of the molecule is C=Cn1c(N=Nc2ccccc2)cc(C)c1C=O. The Kier molecular flexibility index (Phi) is 3.48. The van der Waals surface area contributed by atoms with Gasteiger partial charge in [-0.05, 0) is 30.7 Å². The maximum atomic E-state index is 11.0. The second-order valence-electron chi connectivity index (χ2n) is 3.78. The van der Waals surface area contributed by atoms with Crippen LogP contribution >= 0.6 is 0 Å². The van der Waals surface area contributed by atoms with Gasteiger partial charge in [-0.1, -0.05) is 24.8 Å². The number of hydrogen-bond donors (Lipinski definition) is 0. The molecule has 0 atom stereocenters. The molecule has 0 aliphatic rings. The maximum absolute atomic E-state index is 11.0. The van der Waals surface area contributed by atoms with E-state index in [1.807, 2.05) is 37.3 Å². The van der Waals surface area contributed by atoms with Gasteiger partial charge in [-0.15, -0.1) is 10.2 Å². The third-order valence-electron chi connectivity index (χ3n) is 2.57. The van der Waals surface area contributed by atoms with Crippen LogP contribution in [-0.2, 0) is 0 Å². The molecule has 0 saturated carbocycles. The molecule has 2 rings (SSSR count). The molecule has 18 heavy (non-hydrogen) atoms. The Morgan fingerprint density at radius 2 is 1.94 bits per heavy atom. The van der Waals surface area contributed by atoms with Crippen molar-refractivity contribution in [1.82, 2.24) is 4.57 Å². The van der Waals surface area contributed by atoms with Crippen molar-refractivity contribution < 1.29 is 4.79 Å². The van der Waals surface area contributed by atoms with E-state index in [1.165, 1.54) is 0 Å². The third kappa shape index (κ3) is 2.27. The summed E-state index contributed by atoms with van der Waals surface area (Å²) >= 11 is 0. The minimum absolute atomic E-state index is 0.548. The zero-order valence-corrected chi connectivity index (χ0v) is 10.1. The fraction of sp³-hybridized carbons (Fsp3) is 0.0714. The first-order chi connectivity index (χ1) is 8.76. The predicted octanol–water partition coefficient (Wildman–Crippen LogP) is 4.12. The molecule has 4 nitrogen and oxygen atoms in total. The monoisotopic (exact) mass is 239 g/mol. The van der Waals surface area contributed by atoms with E-state index in [0.29, 0.717) is 11.5 Å². The van der Waals surface area contributed by atoms with Gasteiger partial charge in [0.05, 0.1) is 11.4 Å². The number of nitrogens with zero attached hydrogens (tertiary/aromatic N) is 3. The molecule has 0 spiro atoms. The molecule has 0 saturated heterocycles. The highest BCUT2D eigenvalue weighted by atomic mass is 16.1. The van der Waals surface area contributed by atoms with Gasteiger partial charge in [0.15, 0.2) is 12.1 Å². The molecule has 2 aromatic rings. The molecule has 4 heteroatoms. The van der Waals surface area contributed by atoms with E-state index in [-0.39, 0.29) is 0 Å². The molecule has 0 unspecified atom stereocenters. The Hall–Kier alpha value is -2.49. The molecule has 0 aliphatic carbocycles. The van der Waals surface area contributed by atoms with Gasteiger partial charge in [-0.2, -0.15) is 0 Å². The van der Waals surface area contributed by atoms with Crippen molar-refractivity contribution in [2.24, 2.45) is 10.2 Å². The van der Waals surface area contributed by atoms with E-state index in [2.05, 4.69) is 16.8 Å². The number of carbonyl (C=O) groups is 1. The normalized spacial score (nSPS) is 10.7. The molecule has 0 fully saturated rings. The number of aldehydes is 1. The summed E-state index contributed by atoms with van der Waals surface area (Å²) in [6.07, 6.45) is 2.34. The van der Waals surface area contributed by atoms with Crippen molar-refractivity contribution in [3.8, 4) is 0 Å². The van der Waals surface area contributed by atoms with Crippen LogP contribution in [0.3, 0.4) is 0 Å². The number of azo groups is 1.